The van der Waals surface area contributed by atoms with Crippen molar-refractivity contribution >= 4 is 10.8 Å². The molecule has 114 valence electrons. The SMILES string of the molecule is Cc1ccc(S(C)=O)cc1[C@]12CCCC[C@@H]1[C@@H]1C(C2)N1C. The molecular weight excluding hydrogens is 278 g/mol. The molecule has 1 aromatic carbocycles. The Morgan fingerprint density at radius 1 is 1.33 bits per heavy atom. The number of piperidine rings is 1. The van der Waals surface area contributed by atoms with Crippen LogP contribution in [0.15, 0.2) is 23.1 Å². The molecule has 3 aliphatic rings. The second kappa shape index (κ2) is 4.66. The van der Waals surface area contributed by atoms with E-state index in [0.717, 1.165) is 22.9 Å². The molecule has 1 aromatic rings. The maximum atomic E-state index is 11.9. The van der Waals surface area contributed by atoms with Crippen LogP contribution in [-0.2, 0) is 16.2 Å². The van der Waals surface area contributed by atoms with E-state index in [4.69, 9.17) is 0 Å². The largest absolute Gasteiger partial charge is 0.297 e. The van der Waals surface area contributed by atoms with Crippen LogP contribution in [0, 0.1) is 12.8 Å². The van der Waals surface area contributed by atoms with E-state index in [9.17, 15) is 4.21 Å². The first-order chi connectivity index (χ1) is 10.0. The molecule has 4 rings (SSSR count). The normalized spacial score (nSPS) is 42.2. The van der Waals surface area contributed by atoms with Gasteiger partial charge >= 0.3 is 0 Å². The summed E-state index contributed by atoms with van der Waals surface area (Å²) in [7, 11) is 1.41. The Labute approximate surface area is 130 Å². The average molecular weight is 303 g/mol. The zero-order chi connectivity index (χ0) is 14.8. The standard InChI is InChI=1S/C18H25NOS/c1-12-7-8-13(21(3)20)10-15(12)18-9-5-4-6-14(18)17-16(11-18)19(17)2/h7-8,10,14,16-17H,4-6,9,11H2,1-3H3/t14-,16?,17-,18+,19?,21?/m1/s1. The Kier molecular flexibility index (Phi) is 3.10. The second-order valence-electron chi connectivity index (χ2n) is 7.37. The minimum atomic E-state index is -0.878. The van der Waals surface area contributed by atoms with Gasteiger partial charge in [0.25, 0.3) is 0 Å². The monoisotopic (exact) mass is 303 g/mol. The van der Waals surface area contributed by atoms with Crippen molar-refractivity contribution in [2.75, 3.05) is 13.3 Å². The van der Waals surface area contributed by atoms with Gasteiger partial charge in [-0.2, -0.15) is 0 Å². The van der Waals surface area contributed by atoms with Crippen LogP contribution >= 0.6 is 0 Å². The van der Waals surface area contributed by atoms with Gasteiger partial charge in [0.15, 0.2) is 0 Å². The van der Waals surface area contributed by atoms with Gasteiger partial charge in [0, 0.05) is 39.4 Å². The van der Waals surface area contributed by atoms with E-state index in [1.165, 1.54) is 43.2 Å². The van der Waals surface area contributed by atoms with Gasteiger partial charge < -0.3 is 0 Å². The highest BCUT2D eigenvalue weighted by molar-refractivity contribution is 7.84. The number of likely N-dealkylation sites (tertiary alicyclic amines) is 1. The molecule has 3 heteroatoms. The van der Waals surface area contributed by atoms with E-state index in [-0.39, 0.29) is 0 Å². The Hall–Kier alpha value is -0.670. The molecule has 1 heterocycles. The molecule has 2 nitrogen and oxygen atoms in total. The highest BCUT2D eigenvalue weighted by Gasteiger charge is 2.65. The fraction of sp³-hybridized carbons (Fsp3) is 0.667. The van der Waals surface area contributed by atoms with Crippen molar-refractivity contribution in [3.63, 3.8) is 0 Å². The molecule has 3 unspecified atom stereocenters. The number of benzene rings is 1. The van der Waals surface area contributed by atoms with Crippen LogP contribution in [0.4, 0.5) is 0 Å². The van der Waals surface area contributed by atoms with Crippen LogP contribution in [0.2, 0.25) is 0 Å². The number of nitrogens with zero attached hydrogens (tertiary/aromatic N) is 1. The highest BCUT2D eigenvalue weighted by atomic mass is 32.2. The van der Waals surface area contributed by atoms with Gasteiger partial charge in [-0.25, -0.2) is 0 Å². The molecule has 0 spiro atoms. The Balaban J connectivity index is 1.81. The molecule has 0 amide bonds. The quantitative estimate of drug-likeness (QED) is 0.782. The number of aryl methyl sites for hydroxylation is 1. The molecule has 6 atom stereocenters. The number of rotatable bonds is 2. The van der Waals surface area contributed by atoms with Crippen molar-refractivity contribution in [1.29, 1.82) is 0 Å². The smallest absolute Gasteiger partial charge is 0.0498 e. The molecule has 3 fully saturated rings. The minimum absolute atomic E-state index is 0.375. The summed E-state index contributed by atoms with van der Waals surface area (Å²) in [4.78, 5) is 3.58. The Morgan fingerprint density at radius 3 is 2.90 bits per heavy atom. The molecule has 0 bridgehead atoms. The van der Waals surface area contributed by atoms with E-state index < -0.39 is 10.8 Å². The zero-order valence-electron chi connectivity index (χ0n) is 13.3. The minimum Gasteiger partial charge on any atom is -0.297 e. The van der Waals surface area contributed by atoms with Gasteiger partial charge in [0.1, 0.15) is 0 Å². The summed E-state index contributed by atoms with van der Waals surface area (Å²) in [5, 5.41) is 0. The molecule has 2 saturated carbocycles. The topological polar surface area (TPSA) is 20.1 Å². The van der Waals surface area contributed by atoms with Crippen LogP contribution in [0.3, 0.4) is 0 Å². The summed E-state index contributed by atoms with van der Waals surface area (Å²) in [6.07, 6.45) is 8.58. The predicted molar refractivity (Wildman–Crippen MR) is 87.1 cm³/mol. The third-order valence-corrected chi connectivity index (χ3v) is 7.38. The zero-order valence-corrected chi connectivity index (χ0v) is 14.1. The number of hydrogen-bond donors (Lipinski definition) is 0. The molecule has 1 aliphatic heterocycles. The van der Waals surface area contributed by atoms with Crippen molar-refractivity contribution in [2.45, 2.75) is 61.4 Å². The van der Waals surface area contributed by atoms with E-state index in [1.807, 2.05) is 6.07 Å². The fourth-order valence-electron chi connectivity index (χ4n) is 5.40. The van der Waals surface area contributed by atoms with E-state index in [1.54, 1.807) is 6.26 Å². The van der Waals surface area contributed by atoms with Gasteiger partial charge in [0.2, 0.25) is 0 Å². The molecule has 0 radical (unpaired) electrons. The van der Waals surface area contributed by atoms with Gasteiger partial charge in [0.05, 0.1) is 0 Å². The van der Waals surface area contributed by atoms with Crippen molar-refractivity contribution in [2.24, 2.45) is 5.92 Å². The number of fused-ring (bicyclic) bond motifs is 3. The molecule has 0 aromatic heterocycles. The summed E-state index contributed by atoms with van der Waals surface area (Å²) in [5.41, 5.74) is 3.29. The summed E-state index contributed by atoms with van der Waals surface area (Å²) in [6, 6.07) is 8.14. The second-order valence-corrected chi connectivity index (χ2v) is 8.75. The average Bonchev–Trinajstić information content (AvgIpc) is 2.95. The van der Waals surface area contributed by atoms with Gasteiger partial charge in [-0.3, -0.25) is 9.11 Å². The summed E-state index contributed by atoms with van der Waals surface area (Å²) < 4.78 is 11.9. The van der Waals surface area contributed by atoms with Crippen molar-refractivity contribution in [3.05, 3.63) is 29.3 Å². The van der Waals surface area contributed by atoms with Gasteiger partial charge in [-0.05, 0) is 62.4 Å². The summed E-state index contributed by atoms with van der Waals surface area (Å²) >= 11 is 0. The first-order valence-electron chi connectivity index (χ1n) is 8.21. The first-order valence-corrected chi connectivity index (χ1v) is 9.77. The Morgan fingerprint density at radius 2 is 2.14 bits per heavy atom. The molecule has 1 saturated heterocycles. The lowest BCUT2D eigenvalue weighted by atomic mass is 9.62. The number of likely N-dealkylation sites (N-methyl/N-ethyl adjacent to an activating group) is 1. The van der Waals surface area contributed by atoms with Gasteiger partial charge in [-0.15, -0.1) is 0 Å². The molecule has 0 N–H and O–H groups in total. The molecular formula is C18H25NOS. The van der Waals surface area contributed by atoms with Crippen molar-refractivity contribution < 1.29 is 4.21 Å². The summed E-state index contributed by atoms with van der Waals surface area (Å²) in [5.74, 6) is 0.820. The first kappa shape index (κ1) is 14.0. The van der Waals surface area contributed by atoms with Crippen LogP contribution < -0.4 is 0 Å². The van der Waals surface area contributed by atoms with E-state index >= 15 is 0 Å². The number of hydrogen-bond acceptors (Lipinski definition) is 2. The Bertz CT molecular complexity index is 613. The third-order valence-electron chi connectivity index (χ3n) is 6.46. The third kappa shape index (κ3) is 1.90. The molecule has 21 heavy (non-hydrogen) atoms. The van der Waals surface area contributed by atoms with Crippen LogP contribution in [-0.4, -0.2) is 34.5 Å². The lowest BCUT2D eigenvalue weighted by molar-refractivity contribution is 0.168. The molecule has 2 aliphatic carbocycles. The maximum Gasteiger partial charge on any atom is 0.0498 e. The van der Waals surface area contributed by atoms with E-state index in [2.05, 4.69) is 31.0 Å². The lowest BCUT2D eigenvalue weighted by Gasteiger charge is -2.44. The van der Waals surface area contributed by atoms with E-state index in [0.29, 0.717) is 5.41 Å². The highest BCUT2D eigenvalue weighted by Crippen LogP contribution is 2.62. The van der Waals surface area contributed by atoms with Crippen molar-refractivity contribution in [3.8, 4) is 0 Å². The van der Waals surface area contributed by atoms with Crippen LogP contribution in [0.1, 0.15) is 43.2 Å². The predicted octanol–water partition coefficient (Wildman–Crippen LogP) is 3.25. The maximum absolute atomic E-state index is 11.9. The van der Waals surface area contributed by atoms with Gasteiger partial charge in [-0.1, -0.05) is 18.9 Å². The van der Waals surface area contributed by atoms with Crippen molar-refractivity contribution in [1.82, 2.24) is 4.90 Å². The fourth-order valence-corrected chi connectivity index (χ4v) is 5.94. The van der Waals surface area contributed by atoms with Crippen LogP contribution in [0.25, 0.3) is 0 Å². The lowest BCUT2D eigenvalue weighted by Crippen LogP contribution is -2.40. The van der Waals surface area contributed by atoms with Crippen LogP contribution in [0.5, 0.6) is 0 Å². The summed E-state index contributed by atoms with van der Waals surface area (Å²) in [6.45, 7) is 2.24.